The minimum Gasteiger partial charge on any atom is -0.488 e. The van der Waals surface area contributed by atoms with Gasteiger partial charge in [0.1, 0.15) is 6.61 Å². The Balaban J connectivity index is 1.23. The maximum Gasteiger partial charge on any atom is 0.425 e. The number of halogens is 6. The molecular weight excluding hydrogens is 514 g/mol. The van der Waals surface area contributed by atoms with Crippen molar-refractivity contribution in [3.8, 4) is 5.75 Å². The van der Waals surface area contributed by atoms with Crippen molar-refractivity contribution in [1.29, 1.82) is 0 Å². The van der Waals surface area contributed by atoms with Gasteiger partial charge in [-0.3, -0.25) is 9.59 Å². The standard InChI is InChI=1S/C21H22F6N6O4/c22-20(23,24)12-8-28-19(29-9-12)33-5-3-32(4-6-33)16(34)7-13-1-2-14(37-13)11-36-15-10-30-31-18(35)17(15)21(25,26)27/h8-10,13-14H,1-7,11H2,(H,31,35)/t13-,14+/m1/s1. The van der Waals surface area contributed by atoms with Gasteiger partial charge in [0.2, 0.25) is 11.9 Å². The monoisotopic (exact) mass is 536 g/mol. The number of piperazine rings is 1. The van der Waals surface area contributed by atoms with Crippen LogP contribution in [0.4, 0.5) is 32.3 Å². The van der Waals surface area contributed by atoms with E-state index in [2.05, 4.69) is 15.1 Å². The lowest BCUT2D eigenvalue weighted by atomic mass is 10.1. The second kappa shape index (κ2) is 10.5. The first-order valence-electron chi connectivity index (χ1n) is 11.3. The molecule has 16 heteroatoms. The van der Waals surface area contributed by atoms with E-state index in [1.54, 1.807) is 14.9 Å². The fourth-order valence-corrected chi connectivity index (χ4v) is 4.11. The van der Waals surface area contributed by atoms with E-state index in [9.17, 15) is 35.9 Å². The minimum atomic E-state index is -4.92. The number of amides is 1. The number of alkyl halides is 6. The topological polar surface area (TPSA) is 114 Å². The fraction of sp³-hybridized carbons (Fsp3) is 0.571. The molecule has 0 aliphatic carbocycles. The van der Waals surface area contributed by atoms with Crippen LogP contribution in [0.1, 0.15) is 30.4 Å². The summed E-state index contributed by atoms with van der Waals surface area (Å²) < 4.78 is 88.3. The molecular formula is C21H22F6N6O4. The van der Waals surface area contributed by atoms with Crippen LogP contribution < -0.4 is 15.2 Å². The van der Waals surface area contributed by atoms with Gasteiger partial charge < -0.3 is 19.3 Å². The number of hydrogen-bond acceptors (Lipinski definition) is 8. The van der Waals surface area contributed by atoms with Crippen molar-refractivity contribution in [2.45, 2.75) is 43.8 Å². The van der Waals surface area contributed by atoms with Gasteiger partial charge >= 0.3 is 12.4 Å². The van der Waals surface area contributed by atoms with Gasteiger partial charge in [-0.05, 0) is 12.8 Å². The van der Waals surface area contributed by atoms with Gasteiger partial charge in [0.25, 0.3) is 5.56 Å². The number of carbonyl (C=O) groups excluding carboxylic acids is 1. The summed E-state index contributed by atoms with van der Waals surface area (Å²) in [5, 5.41) is 5.06. The first-order valence-corrected chi connectivity index (χ1v) is 11.3. The molecule has 4 heterocycles. The number of H-pyrrole nitrogens is 1. The van der Waals surface area contributed by atoms with E-state index >= 15 is 0 Å². The van der Waals surface area contributed by atoms with Gasteiger partial charge in [-0.2, -0.15) is 31.4 Å². The number of aromatic amines is 1. The van der Waals surface area contributed by atoms with E-state index in [0.717, 1.165) is 6.20 Å². The predicted octanol–water partition coefficient (Wildman–Crippen LogP) is 2.26. The Labute approximate surface area is 205 Å². The molecule has 0 saturated carbocycles. The number of nitrogens with zero attached hydrogens (tertiary/aromatic N) is 5. The summed E-state index contributed by atoms with van der Waals surface area (Å²) in [6.45, 7) is 1.07. The lowest BCUT2D eigenvalue weighted by Crippen LogP contribution is -2.49. The Morgan fingerprint density at radius 1 is 1.00 bits per heavy atom. The van der Waals surface area contributed by atoms with E-state index in [0.29, 0.717) is 51.4 Å². The number of nitrogens with one attached hydrogen (secondary N) is 1. The van der Waals surface area contributed by atoms with Crippen LogP contribution in [0, 0.1) is 0 Å². The molecule has 37 heavy (non-hydrogen) atoms. The van der Waals surface area contributed by atoms with Crippen molar-refractivity contribution < 1.29 is 40.6 Å². The molecule has 2 aliphatic heterocycles. The Morgan fingerprint density at radius 2 is 1.65 bits per heavy atom. The zero-order valence-corrected chi connectivity index (χ0v) is 19.2. The average Bonchev–Trinajstić information content (AvgIpc) is 3.28. The molecule has 0 bridgehead atoms. The Hall–Kier alpha value is -3.43. The number of aromatic nitrogens is 4. The number of rotatable bonds is 6. The highest BCUT2D eigenvalue weighted by Crippen LogP contribution is 2.33. The average molecular weight is 536 g/mol. The lowest BCUT2D eigenvalue weighted by Gasteiger charge is -2.35. The number of hydrogen-bond donors (Lipinski definition) is 1. The summed E-state index contributed by atoms with van der Waals surface area (Å²) in [5.41, 5.74) is -3.83. The largest absolute Gasteiger partial charge is 0.488 e. The van der Waals surface area contributed by atoms with Crippen molar-refractivity contribution >= 4 is 11.9 Å². The van der Waals surface area contributed by atoms with Crippen molar-refractivity contribution in [2.24, 2.45) is 0 Å². The molecule has 2 aromatic rings. The van der Waals surface area contributed by atoms with Gasteiger partial charge in [-0.25, -0.2) is 15.1 Å². The molecule has 4 rings (SSSR count). The summed E-state index contributed by atoms with van der Waals surface area (Å²) in [7, 11) is 0. The predicted molar refractivity (Wildman–Crippen MR) is 114 cm³/mol. The summed E-state index contributed by atoms with van der Waals surface area (Å²) in [6.07, 6.45) is -7.23. The molecule has 2 aromatic heterocycles. The van der Waals surface area contributed by atoms with Crippen molar-refractivity contribution in [1.82, 2.24) is 25.1 Å². The Morgan fingerprint density at radius 3 is 2.27 bits per heavy atom. The van der Waals surface area contributed by atoms with E-state index in [-0.39, 0.29) is 24.9 Å². The Kier molecular flexibility index (Phi) is 7.57. The van der Waals surface area contributed by atoms with E-state index < -0.39 is 47.0 Å². The quantitative estimate of drug-likeness (QED) is 0.560. The number of carbonyl (C=O) groups is 1. The van der Waals surface area contributed by atoms with Gasteiger partial charge in [0, 0.05) is 38.6 Å². The lowest BCUT2D eigenvalue weighted by molar-refractivity contribution is -0.141. The normalized spacial score (nSPS) is 20.8. The molecule has 2 saturated heterocycles. The number of ether oxygens (including phenoxy) is 2. The third kappa shape index (κ3) is 6.47. The molecule has 1 N–H and O–H groups in total. The zero-order valence-electron chi connectivity index (χ0n) is 19.2. The molecule has 0 aromatic carbocycles. The molecule has 2 atom stereocenters. The summed E-state index contributed by atoms with van der Waals surface area (Å²) >= 11 is 0. The molecule has 0 spiro atoms. The number of anilines is 1. The SMILES string of the molecule is O=C(C[C@H]1CC[C@@H](COc2cn[nH]c(=O)c2C(F)(F)F)O1)N1CCN(c2ncc(C(F)(F)F)cn2)CC1. The van der Waals surface area contributed by atoms with Crippen LogP contribution in [0.5, 0.6) is 5.75 Å². The highest BCUT2D eigenvalue weighted by Gasteiger charge is 2.39. The van der Waals surface area contributed by atoms with Crippen LogP contribution >= 0.6 is 0 Å². The molecule has 0 unspecified atom stereocenters. The zero-order chi connectivity index (χ0) is 26.8. The summed E-state index contributed by atoms with van der Waals surface area (Å²) in [5.74, 6) is -0.738. The van der Waals surface area contributed by atoms with Crippen LogP contribution in [-0.2, 0) is 21.9 Å². The molecule has 2 fully saturated rings. The molecule has 10 nitrogen and oxygen atoms in total. The maximum atomic E-state index is 13.1. The molecule has 1 amide bonds. The van der Waals surface area contributed by atoms with Crippen molar-refractivity contribution in [2.75, 3.05) is 37.7 Å². The minimum absolute atomic E-state index is 0.0631. The Bertz CT molecular complexity index is 1150. The van der Waals surface area contributed by atoms with Gasteiger partial charge in [0.05, 0.1) is 30.4 Å². The van der Waals surface area contributed by atoms with E-state index in [4.69, 9.17) is 9.47 Å². The van der Waals surface area contributed by atoms with Crippen molar-refractivity contribution in [3.63, 3.8) is 0 Å². The summed E-state index contributed by atoms with van der Waals surface area (Å²) in [6, 6.07) is 0. The van der Waals surface area contributed by atoms with Gasteiger partial charge in [-0.1, -0.05) is 0 Å². The van der Waals surface area contributed by atoms with E-state index in [1.807, 2.05) is 0 Å². The molecule has 2 aliphatic rings. The van der Waals surface area contributed by atoms with Crippen LogP contribution in [0.3, 0.4) is 0 Å². The van der Waals surface area contributed by atoms with Crippen LogP contribution in [-0.4, -0.2) is 76.0 Å². The molecule has 0 radical (unpaired) electrons. The first kappa shape index (κ1) is 26.6. The second-order valence-corrected chi connectivity index (χ2v) is 8.55. The smallest absolute Gasteiger partial charge is 0.425 e. The summed E-state index contributed by atoms with van der Waals surface area (Å²) in [4.78, 5) is 35.0. The van der Waals surface area contributed by atoms with Crippen molar-refractivity contribution in [3.05, 3.63) is 40.1 Å². The van der Waals surface area contributed by atoms with Crippen LogP contribution in [0.2, 0.25) is 0 Å². The van der Waals surface area contributed by atoms with Gasteiger partial charge in [0.15, 0.2) is 11.3 Å². The maximum absolute atomic E-state index is 13.1. The third-order valence-electron chi connectivity index (χ3n) is 6.01. The van der Waals surface area contributed by atoms with Crippen LogP contribution in [0.15, 0.2) is 23.4 Å². The van der Waals surface area contributed by atoms with Crippen LogP contribution in [0.25, 0.3) is 0 Å². The second-order valence-electron chi connectivity index (χ2n) is 8.55. The highest BCUT2D eigenvalue weighted by molar-refractivity contribution is 5.77. The van der Waals surface area contributed by atoms with Gasteiger partial charge in [-0.15, -0.1) is 0 Å². The first-order chi connectivity index (χ1) is 17.4. The third-order valence-corrected chi connectivity index (χ3v) is 6.01. The fourth-order valence-electron chi connectivity index (χ4n) is 4.11. The highest BCUT2D eigenvalue weighted by atomic mass is 19.4. The van der Waals surface area contributed by atoms with E-state index in [1.165, 1.54) is 0 Å². The molecule has 202 valence electrons.